The van der Waals surface area contributed by atoms with Gasteiger partial charge in [0.05, 0.1) is 17.5 Å². The zero-order chi connectivity index (χ0) is 21.4. The molecular formula is C25H27NO4. The molecule has 5 nitrogen and oxygen atoms in total. The van der Waals surface area contributed by atoms with Crippen LogP contribution >= 0.6 is 0 Å². The van der Waals surface area contributed by atoms with Crippen molar-refractivity contribution in [3.63, 3.8) is 0 Å². The predicted molar refractivity (Wildman–Crippen MR) is 115 cm³/mol. The quantitative estimate of drug-likeness (QED) is 0.543. The SMILES string of the molecule is Cc1ccc(C(=O)COc2ccc(N3C(=O)[C@H]4C[C@H](C)CC[C@H]4C3=O)cc2)cc1C. The highest BCUT2D eigenvalue weighted by Gasteiger charge is 2.49. The highest BCUT2D eigenvalue weighted by atomic mass is 16.5. The van der Waals surface area contributed by atoms with E-state index >= 15 is 0 Å². The van der Waals surface area contributed by atoms with Gasteiger partial charge in [-0.15, -0.1) is 0 Å². The van der Waals surface area contributed by atoms with Gasteiger partial charge < -0.3 is 4.74 Å². The minimum atomic E-state index is -0.187. The average molecular weight is 405 g/mol. The summed E-state index contributed by atoms with van der Waals surface area (Å²) in [6.45, 7) is 6.06. The first-order valence-electron chi connectivity index (χ1n) is 10.6. The van der Waals surface area contributed by atoms with Crippen molar-refractivity contribution < 1.29 is 19.1 Å². The fourth-order valence-electron chi connectivity index (χ4n) is 4.48. The van der Waals surface area contributed by atoms with Gasteiger partial charge in [0.25, 0.3) is 0 Å². The number of imide groups is 1. The smallest absolute Gasteiger partial charge is 0.237 e. The molecule has 2 aromatic rings. The van der Waals surface area contributed by atoms with Crippen LogP contribution in [-0.4, -0.2) is 24.2 Å². The lowest BCUT2D eigenvalue weighted by atomic mass is 9.76. The second-order valence-corrected chi connectivity index (χ2v) is 8.65. The molecule has 4 rings (SSSR count). The maximum absolute atomic E-state index is 12.8. The summed E-state index contributed by atoms with van der Waals surface area (Å²) in [4.78, 5) is 39.4. The second-order valence-electron chi connectivity index (χ2n) is 8.65. The van der Waals surface area contributed by atoms with Crippen molar-refractivity contribution in [1.82, 2.24) is 0 Å². The minimum absolute atomic E-state index is 0.0640. The lowest BCUT2D eigenvalue weighted by Crippen LogP contribution is -2.30. The zero-order valence-corrected chi connectivity index (χ0v) is 17.7. The highest BCUT2D eigenvalue weighted by Crippen LogP contribution is 2.42. The van der Waals surface area contributed by atoms with Crippen molar-refractivity contribution in [1.29, 1.82) is 0 Å². The van der Waals surface area contributed by atoms with Crippen LogP contribution in [0, 0.1) is 31.6 Å². The van der Waals surface area contributed by atoms with E-state index in [4.69, 9.17) is 4.74 Å². The Morgan fingerprint density at radius 1 is 0.967 bits per heavy atom. The van der Waals surface area contributed by atoms with Gasteiger partial charge in [-0.3, -0.25) is 19.3 Å². The van der Waals surface area contributed by atoms with E-state index in [2.05, 4.69) is 6.92 Å². The number of Topliss-reactive ketones (excluding diaryl/α,β-unsaturated/α-hetero) is 1. The lowest BCUT2D eigenvalue weighted by Gasteiger charge is -2.25. The molecule has 1 aliphatic heterocycles. The molecule has 0 unspecified atom stereocenters. The molecule has 2 fully saturated rings. The van der Waals surface area contributed by atoms with E-state index in [-0.39, 0.29) is 36.0 Å². The van der Waals surface area contributed by atoms with E-state index in [0.717, 1.165) is 30.4 Å². The van der Waals surface area contributed by atoms with Crippen LogP contribution in [0.4, 0.5) is 5.69 Å². The Morgan fingerprint density at radius 3 is 2.37 bits per heavy atom. The van der Waals surface area contributed by atoms with Crippen LogP contribution in [0.5, 0.6) is 5.75 Å². The first kappa shape index (κ1) is 20.3. The topological polar surface area (TPSA) is 63.7 Å². The summed E-state index contributed by atoms with van der Waals surface area (Å²) in [5, 5.41) is 0. The van der Waals surface area contributed by atoms with E-state index in [9.17, 15) is 14.4 Å². The molecule has 0 bridgehead atoms. The standard InChI is InChI=1S/C25H27NO4/c1-15-4-11-21-22(12-15)25(29)26(24(21)28)19-7-9-20(10-8-19)30-14-23(27)18-6-5-16(2)17(3)13-18/h5-10,13,15,21-22H,4,11-12,14H2,1-3H3/t15-,21-,22+/m1/s1. The molecule has 0 N–H and O–H groups in total. The summed E-state index contributed by atoms with van der Waals surface area (Å²) < 4.78 is 5.63. The number of amides is 2. The van der Waals surface area contributed by atoms with E-state index in [0.29, 0.717) is 22.9 Å². The number of anilines is 1. The van der Waals surface area contributed by atoms with Crippen molar-refractivity contribution >= 4 is 23.3 Å². The number of hydrogen-bond acceptors (Lipinski definition) is 4. The third-order valence-electron chi connectivity index (χ3n) is 6.48. The van der Waals surface area contributed by atoms with Crippen LogP contribution in [-0.2, 0) is 9.59 Å². The molecule has 2 aromatic carbocycles. The van der Waals surface area contributed by atoms with Crippen molar-refractivity contribution in [2.75, 3.05) is 11.5 Å². The van der Waals surface area contributed by atoms with Crippen molar-refractivity contribution in [3.05, 3.63) is 59.2 Å². The number of ketones is 1. The zero-order valence-electron chi connectivity index (χ0n) is 17.7. The van der Waals surface area contributed by atoms with Crippen LogP contribution in [0.3, 0.4) is 0 Å². The number of hydrogen-bond donors (Lipinski definition) is 0. The number of rotatable bonds is 5. The first-order chi connectivity index (χ1) is 14.3. The second kappa shape index (κ2) is 8.05. The summed E-state index contributed by atoms with van der Waals surface area (Å²) in [6.07, 6.45) is 2.57. The fraction of sp³-hybridized carbons (Fsp3) is 0.400. The molecule has 1 saturated carbocycles. The van der Waals surface area contributed by atoms with Gasteiger partial charge in [0, 0.05) is 5.56 Å². The molecule has 0 aromatic heterocycles. The summed E-state index contributed by atoms with van der Waals surface area (Å²) in [5.41, 5.74) is 3.41. The van der Waals surface area contributed by atoms with Crippen LogP contribution in [0.2, 0.25) is 0 Å². The van der Waals surface area contributed by atoms with E-state index in [1.54, 1.807) is 24.3 Å². The molecule has 0 radical (unpaired) electrons. The molecule has 30 heavy (non-hydrogen) atoms. The van der Waals surface area contributed by atoms with Crippen LogP contribution in [0.1, 0.15) is 47.7 Å². The van der Waals surface area contributed by atoms with Crippen molar-refractivity contribution in [3.8, 4) is 5.75 Å². The molecule has 0 spiro atoms. The predicted octanol–water partition coefficient (Wildman–Crippen LogP) is 4.49. The molecular weight excluding hydrogens is 378 g/mol. The average Bonchev–Trinajstić information content (AvgIpc) is 2.98. The summed E-state index contributed by atoms with van der Waals surface area (Å²) in [6, 6.07) is 12.4. The Balaban J connectivity index is 1.42. The van der Waals surface area contributed by atoms with Crippen LogP contribution in [0.25, 0.3) is 0 Å². The van der Waals surface area contributed by atoms with Gasteiger partial charge in [-0.1, -0.05) is 19.1 Å². The van der Waals surface area contributed by atoms with Gasteiger partial charge in [-0.05, 0) is 80.5 Å². The number of carbonyl (C=O) groups excluding carboxylic acids is 3. The van der Waals surface area contributed by atoms with Crippen molar-refractivity contribution in [2.45, 2.75) is 40.0 Å². The molecule has 2 amide bonds. The molecule has 1 heterocycles. The third-order valence-corrected chi connectivity index (χ3v) is 6.48. The Hall–Kier alpha value is -2.95. The van der Waals surface area contributed by atoms with Crippen LogP contribution < -0.4 is 9.64 Å². The molecule has 5 heteroatoms. The number of nitrogens with zero attached hydrogens (tertiary/aromatic N) is 1. The first-order valence-corrected chi connectivity index (χ1v) is 10.6. The summed E-state index contributed by atoms with van der Waals surface area (Å²) in [5.74, 6) is 0.374. The molecule has 1 aliphatic carbocycles. The molecule has 1 saturated heterocycles. The van der Waals surface area contributed by atoms with E-state index in [1.165, 1.54) is 4.90 Å². The molecule has 3 atom stereocenters. The van der Waals surface area contributed by atoms with Gasteiger partial charge in [-0.25, -0.2) is 0 Å². The number of benzene rings is 2. The third kappa shape index (κ3) is 3.76. The van der Waals surface area contributed by atoms with Gasteiger partial charge in [0.2, 0.25) is 11.8 Å². The van der Waals surface area contributed by atoms with Gasteiger partial charge in [-0.2, -0.15) is 0 Å². The monoisotopic (exact) mass is 405 g/mol. The van der Waals surface area contributed by atoms with Gasteiger partial charge in [0.15, 0.2) is 12.4 Å². The van der Waals surface area contributed by atoms with Gasteiger partial charge >= 0.3 is 0 Å². The summed E-state index contributed by atoms with van der Waals surface area (Å²) >= 11 is 0. The Bertz CT molecular complexity index is 995. The Kier molecular flexibility index (Phi) is 5.46. The van der Waals surface area contributed by atoms with E-state index in [1.807, 2.05) is 32.0 Å². The highest BCUT2D eigenvalue weighted by molar-refractivity contribution is 6.22. The number of fused-ring (bicyclic) bond motifs is 1. The number of ether oxygens (including phenoxy) is 1. The number of aryl methyl sites for hydroxylation is 2. The lowest BCUT2D eigenvalue weighted by molar-refractivity contribution is -0.122. The van der Waals surface area contributed by atoms with E-state index < -0.39 is 0 Å². The minimum Gasteiger partial charge on any atom is -0.485 e. The maximum Gasteiger partial charge on any atom is 0.237 e. The van der Waals surface area contributed by atoms with Crippen LogP contribution in [0.15, 0.2) is 42.5 Å². The Morgan fingerprint density at radius 2 is 1.67 bits per heavy atom. The largest absolute Gasteiger partial charge is 0.485 e. The van der Waals surface area contributed by atoms with Crippen molar-refractivity contribution in [2.24, 2.45) is 17.8 Å². The number of carbonyl (C=O) groups is 3. The maximum atomic E-state index is 12.8. The summed E-state index contributed by atoms with van der Waals surface area (Å²) in [7, 11) is 0. The molecule has 156 valence electrons. The fourth-order valence-corrected chi connectivity index (χ4v) is 4.48. The Labute approximate surface area is 177 Å². The van der Waals surface area contributed by atoms with Gasteiger partial charge in [0.1, 0.15) is 5.75 Å². The molecule has 2 aliphatic rings. The normalized spacial score (nSPS) is 23.4.